The van der Waals surface area contributed by atoms with Gasteiger partial charge in [0.15, 0.2) is 5.82 Å². The van der Waals surface area contributed by atoms with Crippen molar-refractivity contribution >= 4 is 23.1 Å². The number of rotatable bonds is 6. The second-order valence-electron chi connectivity index (χ2n) is 6.18. The van der Waals surface area contributed by atoms with E-state index in [-0.39, 0.29) is 0 Å². The summed E-state index contributed by atoms with van der Waals surface area (Å²) in [7, 11) is 3.25. The number of ether oxygens (including phenoxy) is 2. The molecule has 0 radical (unpaired) electrons. The van der Waals surface area contributed by atoms with Crippen molar-refractivity contribution in [2.75, 3.05) is 14.2 Å². The zero-order chi connectivity index (χ0) is 19.3. The molecule has 0 aliphatic carbocycles. The molecule has 2 aromatic carbocycles. The molecule has 2 aromatic heterocycles. The third-order valence-corrected chi connectivity index (χ3v) is 4.32. The number of nitrogens with zero attached hydrogens (tertiary/aromatic N) is 3. The second kappa shape index (κ2) is 7.92. The van der Waals surface area contributed by atoms with E-state index in [1.165, 1.54) is 0 Å². The van der Waals surface area contributed by atoms with Crippen LogP contribution in [0.1, 0.15) is 22.8 Å². The summed E-state index contributed by atoms with van der Waals surface area (Å²) >= 11 is 0. The van der Waals surface area contributed by atoms with Gasteiger partial charge in [0.2, 0.25) is 11.8 Å². The smallest absolute Gasteiger partial charge is 0.231 e. The molecule has 0 aliphatic heterocycles. The Labute approximate surface area is 162 Å². The SMILES string of the molecule is COc1ccc(Cc2nc(/C=C/c3cc4ccccc4nc3OC)no2)cc1. The van der Waals surface area contributed by atoms with Crippen LogP contribution in [0.2, 0.25) is 0 Å². The second-order valence-corrected chi connectivity index (χ2v) is 6.18. The summed E-state index contributed by atoms with van der Waals surface area (Å²) in [6.45, 7) is 0. The van der Waals surface area contributed by atoms with Gasteiger partial charge in [-0.05, 0) is 42.0 Å². The normalized spacial score (nSPS) is 11.2. The van der Waals surface area contributed by atoms with Crippen LogP contribution in [0.3, 0.4) is 0 Å². The third-order valence-electron chi connectivity index (χ3n) is 4.32. The van der Waals surface area contributed by atoms with Crippen LogP contribution >= 0.6 is 0 Å². The molecule has 6 nitrogen and oxygen atoms in total. The fourth-order valence-electron chi connectivity index (χ4n) is 2.89. The van der Waals surface area contributed by atoms with Crippen LogP contribution in [0.4, 0.5) is 0 Å². The van der Waals surface area contributed by atoms with Gasteiger partial charge in [0.05, 0.1) is 26.2 Å². The average Bonchev–Trinajstić information content (AvgIpc) is 3.19. The number of para-hydroxylation sites is 1. The molecule has 28 heavy (non-hydrogen) atoms. The molecule has 0 fully saturated rings. The summed E-state index contributed by atoms with van der Waals surface area (Å²) < 4.78 is 15.9. The Bertz CT molecular complexity index is 1120. The molecule has 0 aliphatic rings. The van der Waals surface area contributed by atoms with Crippen molar-refractivity contribution in [2.45, 2.75) is 6.42 Å². The van der Waals surface area contributed by atoms with Gasteiger partial charge >= 0.3 is 0 Å². The van der Waals surface area contributed by atoms with Crippen LogP contribution in [0.25, 0.3) is 23.1 Å². The van der Waals surface area contributed by atoms with E-state index in [0.29, 0.717) is 24.0 Å². The molecular formula is C22H19N3O3. The van der Waals surface area contributed by atoms with Crippen LogP contribution < -0.4 is 9.47 Å². The van der Waals surface area contributed by atoms with Gasteiger partial charge in [0.25, 0.3) is 0 Å². The molecule has 2 heterocycles. The highest BCUT2D eigenvalue weighted by Gasteiger charge is 2.08. The lowest BCUT2D eigenvalue weighted by atomic mass is 10.1. The van der Waals surface area contributed by atoms with Crippen molar-refractivity contribution in [1.29, 1.82) is 0 Å². The molecule has 140 valence electrons. The molecule has 0 spiro atoms. The summed E-state index contributed by atoms with van der Waals surface area (Å²) in [5, 5.41) is 5.06. The molecule has 0 saturated carbocycles. The number of hydrogen-bond donors (Lipinski definition) is 0. The Morgan fingerprint density at radius 3 is 2.54 bits per heavy atom. The van der Waals surface area contributed by atoms with Crippen LogP contribution in [-0.2, 0) is 6.42 Å². The Balaban J connectivity index is 1.53. The maximum atomic E-state index is 5.41. The lowest BCUT2D eigenvalue weighted by Crippen LogP contribution is -1.92. The summed E-state index contributed by atoms with van der Waals surface area (Å²) in [5.41, 5.74) is 2.81. The van der Waals surface area contributed by atoms with Crippen molar-refractivity contribution in [3.05, 3.63) is 77.4 Å². The topological polar surface area (TPSA) is 70.3 Å². The van der Waals surface area contributed by atoms with E-state index in [9.17, 15) is 0 Å². The first-order valence-electron chi connectivity index (χ1n) is 8.82. The number of aromatic nitrogens is 3. The van der Waals surface area contributed by atoms with Crippen LogP contribution in [0.5, 0.6) is 11.6 Å². The van der Waals surface area contributed by atoms with Gasteiger partial charge in [-0.3, -0.25) is 0 Å². The Hall–Kier alpha value is -3.67. The zero-order valence-corrected chi connectivity index (χ0v) is 15.6. The summed E-state index contributed by atoms with van der Waals surface area (Å²) in [5.74, 6) is 2.42. The quantitative estimate of drug-likeness (QED) is 0.499. The van der Waals surface area contributed by atoms with E-state index in [4.69, 9.17) is 14.0 Å². The lowest BCUT2D eigenvalue weighted by molar-refractivity contribution is 0.383. The predicted molar refractivity (Wildman–Crippen MR) is 107 cm³/mol. The molecule has 0 atom stereocenters. The van der Waals surface area contributed by atoms with Crippen LogP contribution in [-0.4, -0.2) is 29.3 Å². The van der Waals surface area contributed by atoms with Gasteiger partial charge in [-0.1, -0.05) is 35.5 Å². The standard InChI is InChI=1S/C22H19N3O3/c1-26-18-10-7-15(8-11-18)13-21-24-20(25-28-21)12-9-17-14-16-5-3-4-6-19(16)23-22(17)27-2/h3-12,14H,13H2,1-2H3/b12-9+. The molecule has 0 bridgehead atoms. The van der Waals surface area contributed by atoms with Crippen molar-refractivity contribution < 1.29 is 14.0 Å². The first-order valence-corrected chi connectivity index (χ1v) is 8.82. The minimum Gasteiger partial charge on any atom is -0.497 e. The van der Waals surface area contributed by atoms with E-state index in [0.717, 1.165) is 27.8 Å². The minimum absolute atomic E-state index is 0.499. The van der Waals surface area contributed by atoms with Gasteiger partial charge in [-0.15, -0.1) is 0 Å². The molecule has 4 aromatic rings. The molecule has 0 amide bonds. The zero-order valence-electron chi connectivity index (χ0n) is 15.6. The Kier molecular flexibility index (Phi) is 5.01. The molecule has 0 unspecified atom stereocenters. The summed E-state index contributed by atoms with van der Waals surface area (Å²) in [4.78, 5) is 8.96. The van der Waals surface area contributed by atoms with Gasteiger partial charge in [-0.25, -0.2) is 4.98 Å². The maximum Gasteiger partial charge on any atom is 0.231 e. The van der Waals surface area contributed by atoms with Crippen LogP contribution in [0, 0.1) is 0 Å². The van der Waals surface area contributed by atoms with Crippen molar-refractivity contribution in [1.82, 2.24) is 15.1 Å². The van der Waals surface area contributed by atoms with Gasteiger partial charge in [0.1, 0.15) is 5.75 Å². The summed E-state index contributed by atoms with van der Waals surface area (Å²) in [6, 6.07) is 17.7. The third kappa shape index (κ3) is 3.86. The predicted octanol–water partition coefficient (Wildman–Crippen LogP) is 4.40. The van der Waals surface area contributed by atoms with Gasteiger partial charge in [0, 0.05) is 10.9 Å². The van der Waals surface area contributed by atoms with E-state index in [2.05, 4.69) is 15.1 Å². The number of fused-ring (bicyclic) bond motifs is 1. The Morgan fingerprint density at radius 2 is 1.75 bits per heavy atom. The summed E-state index contributed by atoms with van der Waals surface area (Å²) in [6.07, 6.45) is 4.22. The Morgan fingerprint density at radius 1 is 0.929 bits per heavy atom. The first kappa shape index (κ1) is 17.7. The highest BCUT2D eigenvalue weighted by atomic mass is 16.5. The van der Waals surface area contributed by atoms with E-state index >= 15 is 0 Å². The average molecular weight is 373 g/mol. The number of pyridine rings is 1. The van der Waals surface area contributed by atoms with E-state index in [1.807, 2.05) is 60.7 Å². The largest absolute Gasteiger partial charge is 0.497 e. The fourth-order valence-corrected chi connectivity index (χ4v) is 2.89. The van der Waals surface area contributed by atoms with E-state index in [1.54, 1.807) is 20.3 Å². The number of methoxy groups -OCH3 is 2. The number of hydrogen-bond acceptors (Lipinski definition) is 6. The van der Waals surface area contributed by atoms with Crippen LogP contribution in [0.15, 0.2) is 59.1 Å². The molecule has 0 N–H and O–H groups in total. The first-order chi connectivity index (χ1) is 13.7. The molecule has 6 heteroatoms. The van der Waals surface area contributed by atoms with Crippen molar-refractivity contribution in [2.24, 2.45) is 0 Å². The minimum atomic E-state index is 0.499. The molecule has 4 rings (SSSR count). The molecule has 0 saturated heterocycles. The van der Waals surface area contributed by atoms with Gasteiger partial charge < -0.3 is 14.0 Å². The van der Waals surface area contributed by atoms with Crippen molar-refractivity contribution in [3.63, 3.8) is 0 Å². The van der Waals surface area contributed by atoms with Crippen molar-refractivity contribution in [3.8, 4) is 11.6 Å². The highest BCUT2D eigenvalue weighted by Crippen LogP contribution is 2.24. The lowest BCUT2D eigenvalue weighted by Gasteiger charge is -2.05. The monoisotopic (exact) mass is 373 g/mol. The highest BCUT2D eigenvalue weighted by molar-refractivity contribution is 5.84. The fraction of sp³-hybridized carbons (Fsp3) is 0.136. The van der Waals surface area contributed by atoms with E-state index < -0.39 is 0 Å². The number of benzene rings is 2. The molecular weight excluding hydrogens is 354 g/mol. The van der Waals surface area contributed by atoms with Gasteiger partial charge in [-0.2, -0.15) is 4.98 Å². The maximum absolute atomic E-state index is 5.41.